The van der Waals surface area contributed by atoms with Gasteiger partial charge in [0, 0.05) is 45.3 Å². The Labute approximate surface area is 126 Å². The maximum Gasteiger partial charge on any atom is 0.242 e. The highest BCUT2D eigenvalue weighted by Gasteiger charge is 2.37. The first-order valence-corrected chi connectivity index (χ1v) is 7.41. The highest BCUT2D eigenvalue weighted by molar-refractivity contribution is 5.85. The summed E-state index contributed by atoms with van der Waals surface area (Å²) in [4.78, 5) is 16.7. The predicted octanol–water partition coefficient (Wildman–Crippen LogP) is 1.03. The van der Waals surface area contributed by atoms with Crippen LogP contribution in [0.1, 0.15) is 19.4 Å². The maximum atomic E-state index is 12.8. The number of carbonyl (C=O) groups excluding carboxylic acids is 1. The van der Waals surface area contributed by atoms with Gasteiger partial charge in [-0.15, -0.1) is 0 Å². The summed E-state index contributed by atoms with van der Waals surface area (Å²) < 4.78 is 0. The molecule has 2 rings (SSSR count). The lowest BCUT2D eigenvalue weighted by Crippen LogP contribution is -2.60. The monoisotopic (exact) mass is 291 g/mol. The summed E-state index contributed by atoms with van der Waals surface area (Å²) in [7, 11) is 1.79. The fourth-order valence-corrected chi connectivity index (χ4v) is 2.80. The zero-order valence-electron chi connectivity index (χ0n) is 13.1. The summed E-state index contributed by atoms with van der Waals surface area (Å²) in [5.74, 6) is 0.310. The Morgan fingerprint density at radius 1 is 1.33 bits per heavy atom. The van der Waals surface area contributed by atoms with Crippen molar-refractivity contribution in [2.24, 2.45) is 0 Å². The van der Waals surface area contributed by atoms with E-state index in [4.69, 9.17) is 0 Å². The molecule has 0 unspecified atom stereocenters. The van der Waals surface area contributed by atoms with Crippen LogP contribution in [0, 0.1) is 0 Å². The summed E-state index contributed by atoms with van der Waals surface area (Å²) in [6.07, 6.45) is 0. The van der Waals surface area contributed by atoms with Crippen LogP contribution >= 0.6 is 0 Å². The molecule has 21 heavy (non-hydrogen) atoms. The summed E-state index contributed by atoms with van der Waals surface area (Å²) in [5.41, 5.74) is 0.241. The fourth-order valence-electron chi connectivity index (χ4n) is 2.80. The van der Waals surface area contributed by atoms with Gasteiger partial charge >= 0.3 is 0 Å². The van der Waals surface area contributed by atoms with E-state index in [1.54, 1.807) is 24.1 Å². The van der Waals surface area contributed by atoms with Gasteiger partial charge in [0.25, 0.3) is 0 Å². The SMILES string of the molecule is CN(Cc1ccccc1O)C(=O)C(C)(C)N1CCNCC1. The van der Waals surface area contributed by atoms with Gasteiger partial charge in [-0.25, -0.2) is 0 Å². The van der Waals surface area contributed by atoms with Crippen LogP contribution in [-0.4, -0.2) is 59.6 Å². The molecular weight excluding hydrogens is 266 g/mol. The molecule has 1 aromatic rings. The average Bonchev–Trinajstić information content (AvgIpc) is 2.49. The first-order chi connectivity index (χ1) is 9.93. The Hall–Kier alpha value is -1.59. The molecule has 1 aliphatic rings. The Morgan fingerprint density at radius 2 is 1.95 bits per heavy atom. The van der Waals surface area contributed by atoms with Crippen molar-refractivity contribution in [1.29, 1.82) is 0 Å². The van der Waals surface area contributed by atoms with Gasteiger partial charge in [0.1, 0.15) is 5.75 Å². The smallest absolute Gasteiger partial charge is 0.242 e. The first kappa shape index (κ1) is 15.8. The third kappa shape index (κ3) is 3.54. The maximum absolute atomic E-state index is 12.8. The Kier molecular flexibility index (Phi) is 4.85. The van der Waals surface area contributed by atoms with Gasteiger partial charge in [0.15, 0.2) is 0 Å². The lowest BCUT2D eigenvalue weighted by Gasteiger charge is -2.41. The standard InChI is InChI=1S/C16H25N3O2/c1-16(2,19-10-8-17-9-11-19)15(21)18(3)12-13-6-4-5-7-14(13)20/h4-7,17,20H,8-12H2,1-3H3. The number of phenols is 1. The Bertz CT molecular complexity index is 496. The molecule has 0 spiro atoms. The topological polar surface area (TPSA) is 55.8 Å². The number of carbonyl (C=O) groups is 1. The minimum absolute atomic E-state index is 0.0765. The summed E-state index contributed by atoms with van der Waals surface area (Å²) in [6, 6.07) is 7.15. The minimum Gasteiger partial charge on any atom is -0.508 e. The summed E-state index contributed by atoms with van der Waals surface area (Å²) in [6.45, 7) is 7.96. The molecule has 1 heterocycles. The summed E-state index contributed by atoms with van der Waals surface area (Å²) in [5, 5.41) is 13.1. The number of aromatic hydroxyl groups is 1. The largest absolute Gasteiger partial charge is 0.508 e. The molecule has 0 saturated carbocycles. The zero-order valence-corrected chi connectivity index (χ0v) is 13.1. The van der Waals surface area contributed by atoms with Crippen molar-refractivity contribution in [2.45, 2.75) is 25.9 Å². The minimum atomic E-state index is -0.527. The number of nitrogens with zero attached hydrogens (tertiary/aromatic N) is 2. The van der Waals surface area contributed by atoms with Crippen LogP contribution in [0.25, 0.3) is 0 Å². The summed E-state index contributed by atoms with van der Waals surface area (Å²) >= 11 is 0. The zero-order chi connectivity index (χ0) is 15.5. The molecule has 0 atom stereocenters. The van der Waals surface area contributed by atoms with Crippen LogP contribution in [-0.2, 0) is 11.3 Å². The van der Waals surface area contributed by atoms with E-state index < -0.39 is 5.54 Å². The molecule has 5 heteroatoms. The van der Waals surface area contributed by atoms with E-state index in [-0.39, 0.29) is 11.7 Å². The predicted molar refractivity (Wildman–Crippen MR) is 83.1 cm³/mol. The normalized spacial score (nSPS) is 16.7. The molecule has 0 aliphatic carbocycles. The van der Waals surface area contributed by atoms with Gasteiger partial charge in [0.05, 0.1) is 5.54 Å². The first-order valence-electron chi connectivity index (χ1n) is 7.41. The lowest BCUT2D eigenvalue weighted by molar-refractivity contribution is -0.142. The molecule has 5 nitrogen and oxygen atoms in total. The van der Waals surface area contributed by atoms with Gasteiger partial charge in [-0.2, -0.15) is 0 Å². The van der Waals surface area contributed by atoms with Gasteiger partial charge < -0.3 is 15.3 Å². The number of likely N-dealkylation sites (N-methyl/N-ethyl adjacent to an activating group) is 1. The molecule has 116 valence electrons. The van der Waals surface area contributed by atoms with E-state index in [1.807, 2.05) is 26.0 Å². The number of hydrogen-bond donors (Lipinski definition) is 2. The van der Waals surface area contributed by atoms with Crippen molar-refractivity contribution in [3.8, 4) is 5.75 Å². The van der Waals surface area contributed by atoms with Crippen LogP contribution < -0.4 is 5.32 Å². The second-order valence-electron chi connectivity index (χ2n) is 6.09. The second-order valence-corrected chi connectivity index (χ2v) is 6.09. The Morgan fingerprint density at radius 3 is 2.57 bits per heavy atom. The van der Waals surface area contributed by atoms with Crippen molar-refractivity contribution in [3.63, 3.8) is 0 Å². The van der Waals surface area contributed by atoms with Gasteiger partial charge in [-0.05, 0) is 19.9 Å². The van der Waals surface area contributed by atoms with Crippen molar-refractivity contribution < 1.29 is 9.90 Å². The van der Waals surface area contributed by atoms with E-state index in [0.29, 0.717) is 6.54 Å². The van der Waals surface area contributed by atoms with Crippen molar-refractivity contribution in [2.75, 3.05) is 33.2 Å². The quantitative estimate of drug-likeness (QED) is 0.870. The van der Waals surface area contributed by atoms with E-state index in [9.17, 15) is 9.90 Å². The Balaban J connectivity index is 2.05. The third-order valence-corrected chi connectivity index (χ3v) is 4.18. The van der Waals surface area contributed by atoms with Crippen molar-refractivity contribution >= 4 is 5.91 Å². The molecule has 1 fully saturated rings. The van der Waals surface area contributed by atoms with E-state index in [0.717, 1.165) is 31.7 Å². The second kappa shape index (κ2) is 6.45. The molecule has 0 aromatic heterocycles. The number of rotatable bonds is 4. The molecule has 1 saturated heterocycles. The van der Waals surface area contributed by atoms with Crippen LogP contribution in [0.5, 0.6) is 5.75 Å². The number of amides is 1. The van der Waals surface area contributed by atoms with E-state index >= 15 is 0 Å². The van der Waals surface area contributed by atoms with E-state index in [1.165, 1.54) is 0 Å². The van der Waals surface area contributed by atoms with E-state index in [2.05, 4.69) is 10.2 Å². The van der Waals surface area contributed by atoms with Crippen LogP contribution in [0.2, 0.25) is 0 Å². The molecule has 0 radical (unpaired) electrons. The molecule has 0 bridgehead atoms. The van der Waals surface area contributed by atoms with Crippen molar-refractivity contribution in [1.82, 2.24) is 15.1 Å². The third-order valence-electron chi connectivity index (χ3n) is 4.18. The number of para-hydroxylation sites is 1. The number of benzene rings is 1. The van der Waals surface area contributed by atoms with Gasteiger partial charge in [-0.3, -0.25) is 9.69 Å². The number of nitrogens with one attached hydrogen (secondary N) is 1. The highest BCUT2D eigenvalue weighted by atomic mass is 16.3. The number of piperazine rings is 1. The van der Waals surface area contributed by atoms with Gasteiger partial charge in [0.2, 0.25) is 5.91 Å². The average molecular weight is 291 g/mol. The van der Waals surface area contributed by atoms with Crippen LogP contribution in [0.15, 0.2) is 24.3 Å². The molecule has 1 amide bonds. The fraction of sp³-hybridized carbons (Fsp3) is 0.562. The molecule has 1 aromatic carbocycles. The number of phenolic OH excluding ortho intramolecular Hbond substituents is 1. The lowest BCUT2D eigenvalue weighted by atomic mass is 9.99. The molecular formula is C16H25N3O2. The molecule has 2 N–H and O–H groups in total. The van der Waals surface area contributed by atoms with Gasteiger partial charge in [-0.1, -0.05) is 18.2 Å². The number of hydrogen-bond acceptors (Lipinski definition) is 4. The van der Waals surface area contributed by atoms with Crippen LogP contribution in [0.4, 0.5) is 0 Å². The van der Waals surface area contributed by atoms with Crippen molar-refractivity contribution in [3.05, 3.63) is 29.8 Å². The molecule has 1 aliphatic heterocycles. The highest BCUT2D eigenvalue weighted by Crippen LogP contribution is 2.22. The van der Waals surface area contributed by atoms with Crippen LogP contribution in [0.3, 0.4) is 0 Å².